The van der Waals surface area contributed by atoms with E-state index < -0.39 is 10.9 Å². The molecule has 0 heterocycles. The molecule has 0 atom stereocenters. The summed E-state index contributed by atoms with van der Waals surface area (Å²) in [5.41, 5.74) is -0.284. The van der Waals surface area contributed by atoms with Crippen molar-refractivity contribution in [2.45, 2.75) is 11.8 Å². The monoisotopic (exact) mass is 245 g/mol. The largest absolute Gasteiger partial charge is 0.462 e. The van der Waals surface area contributed by atoms with Crippen LogP contribution in [0.1, 0.15) is 17.3 Å². The summed E-state index contributed by atoms with van der Waals surface area (Å²) in [4.78, 5) is 21.0. The van der Waals surface area contributed by atoms with Crippen LogP contribution in [0.3, 0.4) is 0 Å². The summed E-state index contributed by atoms with van der Waals surface area (Å²) in [5, 5.41) is 10.4. The quantitative estimate of drug-likeness (QED) is 0.463. The number of rotatable bonds is 4. The molecule has 0 fully saturated rings. The van der Waals surface area contributed by atoms with Crippen LogP contribution in [0.25, 0.3) is 0 Å². The topological polar surface area (TPSA) is 69.4 Å². The van der Waals surface area contributed by atoms with Gasteiger partial charge in [0, 0.05) is 12.1 Å². The van der Waals surface area contributed by atoms with Gasteiger partial charge < -0.3 is 4.74 Å². The molecule has 0 aliphatic heterocycles. The van der Waals surface area contributed by atoms with Crippen molar-refractivity contribution in [1.29, 1.82) is 0 Å². The van der Waals surface area contributed by atoms with Gasteiger partial charge >= 0.3 is 5.97 Å². The Morgan fingerprint density at radius 1 is 1.62 bits per heavy atom. The second-order valence-corrected chi connectivity index (χ2v) is 3.33. The molecule has 1 aromatic carbocycles. The molecular formula is C9H8FNO4S. The van der Waals surface area contributed by atoms with Gasteiger partial charge in [-0.05, 0) is 13.0 Å². The van der Waals surface area contributed by atoms with E-state index in [0.717, 1.165) is 12.1 Å². The van der Waals surface area contributed by atoms with Gasteiger partial charge in [0.25, 0.3) is 5.69 Å². The molecule has 0 unspecified atom stereocenters. The molecule has 0 aliphatic carbocycles. The van der Waals surface area contributed by atoms with E-state index in [9.17, 15) is 18.8 Å². The molecule has 0 spiro atoms. The summed E-state index contributed by atoms with van der Waals surface area (Å²) in [6.07, 6.45) is 0. The Labute approximate surface area is 95.0 Å². The van der Waals surface area contributed by atoms with Crippen LogP contribution in [0.5, 0.6) is 0 Å². The normalized spacial score (nSPS) is 9.88. The van der Waals surface area contributed by atoms with Crippen LogP contribution < -0.4 is 0 Å². The smallest absolute Gasteiger partial charge is 0.339 e. The Morgan fingerprint density at radius 3 is 2.81 bits per heavy atom. The third-order valence-corrected chi connectivity index (χ3v) is 2.26. The van der Waals surface area contributed by atoms with Crippen molar-refractivity contribution in [3.63, 3.8) is 0 Å². The number of nitrogens with zero attached hydrogens (tertiary/aromatic N) is 1. The number of ether oxygens (including phenoxy) is 1. The van der Waals surface area contributed by atoms with Gasteiger partial charge in [-0.2, -0.15) is 3.89 Å². The number of nitro groups is 1. The lowest BCUT2D eigenvalue weighted by Crippen LogP contribution is -2.06. The summed E-state index contributed by atoms with van der Waals surface area (Å²) in [6, 6.07) is 3.31. The number of esters is 1. The van der Waals surface area contributed by atoms with Gasteiger partial charge in [0.1, 0.15) is 0 Å². The molecule has 1 aromatic rings. The number of hydrogen-bond donors (Lipinski definition) is 0. The Kier molecular flexibility index (Phi) is 4.24. The number of non-ortho nitro benzene ring substituents is 1. The van der Waals surface area contributed by atoms with Crippen LogP contribution in [0, 0.1) is 10.1 Å². The van der Waals surface area contributed by atoms with Crippen molar-refractivity contribution in [2.75, 3.05) is 6.61 Å². The van der Waals surface area contributed by atoms with Gasteiger partial charge in [-0.15, -0.1) is 0 Å². The van der Waals surface area contributed by atoms with Gasteiger partial charge in [-0.1, -0.05) is 0 Å². The molecule has 0 aliphatic rings. The minimum atomic E-state index is -0.697. The third kappa shape index (κ3) is 2.69. The maximum Gasteiger partial charge on any atom is 0.339 e. The van der Waals surface area contributed by atoms with Crippen molar-refractivity contribution >= 4 is 23.8 Å². The molecule has 0 bridgehead atoms. The second kappa shape index (κ2) is 5.45. The van der Waals surface area contributed by atoms with Crippen LogP contribution in [-0.2, 0) is 4.74 Å². The average Bonchev–Trinajstić information content (AvgIpc) is 2.28. The molecule has 1 rings (SSSR count). The van der Waals surface area contributed by atoms with Crippen molar-refractivity contribution in [3.05, 3.63) is 33.9 Å². The van der Waals surface area contributed by atoms with E-state index in [0.29, 0.717) is 0 Å². The number of benzene rings is 1. The SMILES string of the molecule is CCOC(=O)c1ccc([N+](=O)[O-])cc1SF. The highest BCUT2D eigenvalue weighted by molar-refractivity contribution is 7.94. The van der Waals surface area contributed by atoms with Gasteiger partial charge in [-0.25, -0.2) is 4.79 Å². The minimum absolute atomic E-state index is 0.0139. The summed E-state index contributed by atoms with van der Waals surface area (Å²) in [5.74, 6) is -0.697. The van der Waals surface area contributed by atoms with E-state index in [1.54, 1.807) is 6.92 Å². The zero-order valence-electron chi connectivity index (χ0n) is 8.31. The molecule has 16 heavy (non-hydrogen) atoms. The van der Waals surface area contributed by atoms with Gasteiger partial charge in [-0.3, -0.25) is 10.1 Å². The van der Waals surface area contributed by atoms with Crippen molar-refractivity contribution in [2.24, 2.45) is 0 Å². The lowest BCUT2D eigenvalue weighted by atomic mass is 10.2. The number of carbonyl (C=O) groups is 1. The highest BCUT2D eigenvalue weighted by Crippen LogP contribution is 2.28. The molecule has 86 valence electrons. The van der Waals surface area contributed by atoms with Crippen molar-refractivity contribution < 1.29 is 18.3 Å². The van der Waals surface area contributed by atoms with Crippen LogP contribution in [0.2, 0.25) is 0 Å². The average molecular weight is 245 g/mol. The van der Waals surface area contributed by atoms with Crippen LogP contribution in [0.4, 0.5) is 9.57 Å². The number of carbonyl (C=O) groups excluding carboxylic acids is 1. The third-order valence-electron chi connectivity index (χ3n) is 1.75. The Morgan fingerprint density at radius 2 is 2.31 bits per heavy atom. The highest BCUT2D eigenvalue weighted by Gasteiger charge is 2.17. The number of halogens is 1. The van der Waals surface area contributed by atoms with Crippen LogP contribution >= 0.6 is 12.1 Å². The molecule has 0 N–H and O–H groups in total. The molecule has 0 saturated carbocycles. The molecule has 0 radical (unpaired) electrons. The maximum absolute atomic E-state index is 12.5. The maximum atomic E-state index is 12.5. The molecule has 7 heteroatoms. The first kappa shape index (κ1) is 12.4. The Balaban J connectivity index is 3.11. The summed E-state index contributed by atoms with van der Waals surface area (Å²) in [7, 11) is 0. The highest BCUT2D eigenvalue weighted by atomic mass is 32.2. The fraction of sp³-hybridized carbons (Fsp3) is 0.222. The fourth-order valence-corrected chi connectivity index (χ4v) is 1.47. The summed E-state index contributed by atoms with van der Waals surface area (Å²) < 4.78 is 17.2. The van der Waals surface area contributed by atoms with Crippen molar-refractivity contribution in [3.8, 4) is 0 Å². The lowest BCUT2D eigenvalue weighted by Gasteiger charge is -2.04. The first-order valence-electron chi connectivity index (χ1n) is 4.34. The standard InChI is InChI=1S/C9H8FNO4S/c1-2-15-9(12)7-4-3-6(11(13)14)5-8(7)16-10/h3-5H,2H2,1H3. The Bertz CT molecular complexity index is 424. The predicted molar refractivity (Wildman–Crippen MR) is 56.0 cm³/mol. The number of hydrogen-bond acceptors (Lipinski definition) is 5. The zero-order chi connectivity index (χ0) is 12.1. The van der Waals surface area contributed by atoms with Gasteiger partial charge in [0.2, 0.25) is 0 Å². The first-order valence-corrected chi connectivity index (χ1v) is 5.06. The Hall–Kier alpha value is -1.63. The minimum Gasteiger partial charge on any atom is -0.462 e. The second-order valence-electron chi connectivity index (χ2n) is 2.74. The predicted octanol–water partition coefficient (Wildman–Crippen LogP) is 2.75. The fourth-order valence-electron chi connectivity index (χ4n) is 1.07. The van der Waals surface area contributed by atoms with Crippen LogP contribution in [0.15, 0.2) is 23.1 Å². The summed E-state index contributed by atoms with van der Waals surface area (Å²) in [6.45, 7) is 1.78. The lowest BCUT2D eigenvalue weighted by molar-refractivity contribution is -0.385. The molecule has 0 aromatic heterocycles. The van der Waals surface area contributed by atoms with E-state index in [1.807, 2.05) is 0 Å². The number of nitro benzene ring substituents is 1. The molecule has 0 amide bonds. The van der Waals surface area contributed by atoms with Gasteiger partial charge in [0.05, 0.1) is 34.1 Å². The summed E-state index contributed by atoms with van der Waals surface area (Å²) >= 11 is -0.224. The van der Waals surface area contributed by atoms with E-state index >= 15 is 0 Å². The van der Waals surface area contributed by atoms with E-state index in [2.05, 4.69) is 4.74 Å². The van der Waals surface area contributed by atoms with E-state index in [4.69, 9.17) is 0 Å². The van der Waals surface area contributed by atoms with Crippen molar-refractivity contribution in [1.82, 2.24) is 0 Å². The first-order chi connectivity index (χ1) is 7.60. The van der Waals surface area contributed by atoms with E-state index in [-0.39, 0.29) is 34.9 Å². The molecule has 0 saturated heterocycles. The molecule has 5 nitrogen and oxygen atoms in total. The molecular weight excluding hydrogens is 237 g/mol. The van der Waals surface area contributed by atoms with E-state index in [1.165, 1.54) is 6.07 Å². The van der Waals surface area contributed by atoms with Gasteiger partial charge in [0.15, 0.2) is 0 Å². The zero-order valence-corrected chi connectivity index (χ0v) is 9.12. The van der Waals surface area contributed by atoms with Crippen LogP contribution in [-0.4, -0.2) is 17.5 Å².